The first-order chi connectivity index (χ1) is 9.97. The zero-order valence-corrected chi connectivity index (χ0v) is 11.3. The summed E-state index contributed by atoms with van der Waals surface area (Å²) in [5.41, 5.74) is -0.790. The van der Waals surface area contributed by atoms with Crippen LogP contribution in [0.1, 0.15) is 31.2 Å². The minimum atomic E-state index is -2.13. The summed E-state index contributed by atoms with van der Waals surface area (Å²) < 4.78 is 66.6. The Hall–Kier alpha value is -1.21. The molecule has 1 aliphatic rings. The molecule has 1 aromatic rings. The van der Waals surface area contributed by atoms with Crippen LogP contribution < -0.4 is 0 Å². The third-order valence-electron chi connectivity index (χ3n) is 3.86. The summed E-state index contributed by atoms with van der Waals surface area (Å²) in [7, 11) is 0. The summed E-state index contributed by atoms with van der Waals surface area (Å²) >= 11 is 0. The highest BCUT2D eigenvalue weighted by Gasteiger charge is 2.30. The Kier molecular flexibility index (Phi) is 5.16. The topological polar surface area (TPSA) is 23.5 Å². The van der Waals surface area contributed by atoms with Crippen LogP contribution in [0.2, 0.25) is 0 Å². The zero-order chi connectivity index (χ0) is 15.6. The number of hydrogen-bond donors (Lipinski definition) is 1. The van der Waals surface area contributed by atoms with Crippen molar-refractivity contribution >= 4 is 0 Å². The van der Waals surface area contributed by atoms with E-state index in [-0.39, 0.29) is 19.2 Å². The molecule has 1 N–H and O–H groups in total. The first-order valence-electron chi connectivity index (χ1n) is 6.82. The lowest BCUT2D eigenvalue weighted by molar-refractivity contribution is 0.203. The van der Waals surface area contributed by atoms with Crippen molar-refractivity contribution in [3.8, 4) is 0 Å². The molecule has 0 saturated carbocycles. The molecule has 2 rings (SSSR count). The van der Waals surface area contributed by atoms with Gasteiger partial charge in [0.05, 0.1) is 0 Å². The van der Waals surface area contributed by atoms with Gasteiger partial charge >= 0.3 is 0 Å². The van der Waals surface area contributed by atoms with E-state index in [2.05, 4.69) is 0 Å². The Morgan fingerprint density at radius 1 is 0.952 bits per heavy atom. The molecule has 0 aliphatic carbocycles. The fraction of sp³-hybridized carbons (Fsp3) is 0.571. The first-order valence-corrected chi connectivity index (χ1v) is 6.82. The quantitative estimate of drug-likeness (QED) is 0.513. The second kappa shape index (κ2) is 6.70. The lowest BCUT2D eigenvalue weighted by Gasteiger charge is -2.24. The van der Waals surface area contributed by atoms with Crippen molar-refractivity contribution in [3.63, 3.8) is 0 Å². The standard InChI is InChI=1S/C14H16F5NO/c15-10-9(11(16)13(18)14(19)12(10)17)7-20-5-1-3-8(20)4-2-6-21/h8,21H,1-7H2. The highest BCUT2D eigenvalue weighted by Crippen LogP contribution is 2.28. The van der Waals surface area contributed by atoms with Crippen LogP contribution in [0.3, 0.4) is 0 Å². The largest absolute Gasteiger partial charge is 0.396 e. The van der Waals surface area contributed by atoms with Crippen molar-refractivity contribution in [2.24, 2.45) is 0 Å². The van der Waals surface area contributed by atoms with Gasteiger partial charge in [0, 0.05) is 24.8 Å². The van der Waals surface area contributed by atoms with Gasteiger partial charge in [0.25, 0.3) is 0 Å². The molecule has 0 aromatic heterocycles. The van der Waals surface area contributed by atoms with Crippen LogP contribution in [-0.2, 0) is 6.54 Å². The van der Waals surface area contributed by atoms with E-state index in [1.54, 1.807) is 4.90 Å². The normalized spacial score (nSPS) is 19.4. The van der Waals surface area contributed by atoms with E-state index < -0.39 is 34.6 Å². The number of aliphatic hydroxyl groups is 1. The highest BCUT2D eigenvalue weighted by atomic mass is 19.2. The number of likely N-dealkylation sites (tertiary alicyclic amines) is 1. The molecule has 0 bridgehead atoms. The van der Waals surface area contributed by atoms with Gasteiger partial charge in [-0.25, -0.2) is 22.0 Å². The van der Waals surface area contributed by atoms with Crippen LogP contribution in [0.5, 0.6) is 0 Å². The number of rotatable bonds is 5. The Morgan fingerprint density at radius 3 is 2.10 bits per heavy atom. The number of aliphatic hydroxyl groups excluding tert-OH is 1. The summed E-state index contributed by atoms with van der Waals surface area (Å²) in [6, 6.07) is -0.00729. The molecule has 21 heavy (non-hydrogen) atoms. The number of nitrogens with zero attached hydrogens (tertiary/aromatic N) is 1. The van der Waals surface area contributed by atoms with Crippen LogP contribution in [0, 0.1) is 29.1 Å². The van der Waals surface area contributed by atoms with Gasteiger partial charge in [-0.2, -0.15) is 0 Å². The van der Waals surface area contributed by atoms with Crippen molar-refractivity contribution in [1.82, 2.24) is 4.90 Å². The predicted octanol–water partition coefficient (Wildman–Crippen LogP) is 3.12. The summed E-state index contributed by atoms with van der Waals surface area (Å²) in [4.78, 5) is 1.70. The Labute approximate surface area is 119 Å². The summed E-state index contributed by atoms with van der Waals surface area (Å²) in [6.07, 6.45) is 2.76. The molecule has 2 nitrogen and oxygen atoms in total. The average Bonchev–Trinajstić information content (AvgIpc) is 2.92. The summed E-state index contributed by atoms with van der Waals surface area (Å²) in [5, 5.41) is 8.81. The fourth-order valence-electron chi connectivity index (χ4n) is 2.75. The molecule has 1 atom stereocenters. The first kappa shape index (κ1) is 16.2. The monoisotopic (exact) mass is 309 g/mol. The minimum absolute atomic E-state index is 0.00681. The van der Waals surface area contributed by atoms with Gasteiger partial charge < -0.3 is 5.11 Å². The van der Waals surface area contributed by atoms with Crippen LogP contribution in [-0.4, -0.2) is 29.2 Å². The molecular formula is C14H16F5NO. The molecule has 0 amide bonds. The predicted molar refractivity (Wildman–Crippen MR) is 66.0 cm³/mol. The van der Waals surface area contributed by atoms with Crippen molar-refractivity contribution in [2.75, 3.05) is 13.2 Å². The van der Waals surface area contributed by atoms with E-state index >= 15 is 0 Å². The maximum atomic E-state index is 13.6. The Bertz CT molecular complexity index is 494. The Balaban J connectivity index is 2.23. The lowest BCUT2D eigenvalue weighted by Crippen LogP contribution is -2.30. The van der Waals surface area contributed by atoms with E-state index in [0.29, 0.717) is 19.4 Å². The third-order valence-corrected chi connectivity index (χ3v) is 3.86. The summed E-state index contributed by atoms with van der Waals surface area (Å²) in [6.45, 7) is 0.227. The molecular weight excluding hydrogens is 293 g/mol. The van der Waals surface area contributed by atoms with Gasteiger partial charge in [0.2, 0.25) is 5.82 Å². The SMILES string of the molecule is OCCCC1CCCN1Cc1c(F)c(F)c(F)c(F)c1F. The fourth-order valence-corrected chi connectivity index (χ4v) is 2.75. The van der Waals surface area contributed by atoms with E-state index in [1.165, 1.54) is 0 Å². The minimum Gasteiger partial charge on any atom is -0.396 e. The van der Waals surface area contributed by atoms with Gasteiger partial charge in [0.15, 0.2) is 23.3 Å². The molecule has 0 spiro atoms. The lowest BCUT2D eigenvalue weighted by atomic mass is 10.1. The molecule has 118 valence electrons. The second-order valence-electron chi connectivity index (χ2n) is 5.18. The smallest absolute Gasteiger partial charge is 0.200 e. The molecule has 1 heterocycles. The van der Waals surface area contributed by atoms with Gasteiger partial charge in [0.1, 0.15) is 0 Å². The molecule has 1 unspecified atom stereocenters. The average molecular weight is 309 g/mol. The summed E-state index contributed by atoms with van der Waals surface area (Å²) in [5.74, 6) is -9.48. The zero-order valence-electron chi connectivity index (χ0n) is 11.3. The van der Waals surface area contributed by atoms with Gasteiger partial charge in [-0.3, -0.25) is 4.90 Å². The van der Waals surface area contributed by atoms with Crippen molar-refractivity contribution in [3.05, 3.63) is 34.6 Å². The number of halogens is 5. The maximum absolute atomic E-state index is 13.6. The third kappa shape index (κ3) is 3.18. The number of hydrogen-bond acceptors (Lipinski definition) is 2. The van der Waals surface area contributed by atoms with Gasteiger partial charge in [-0.15, -0.1) is 0 Å². The van der Waals surface area contributed by atoms with E-state index in [0.717, 1.165) is 12.8 Å². The number of benzene rings is 1. The Morgan fingerprint density at radius 2 is 1.52 bits per heavy atom. The van der Waals surface area contributed by atoms with Crippen LogP contribution in [0.25, 0.3) is 0 Å². The molecule has 0 radical (unpaired) electrons. The van der Waals surface area contributed by atoms with E-state index in [1.807, 2.05) is 0 Å². The maximum Gasteiger partial charge on any atom is 0.200 e. The highest BCUT2D eigenvalue weighted by molar-refractivity contribution is 5.24. The molecule has 1 saturated heterocycles. The van der Waals surface area contributed by atoms with Gasteiger partial charge in [-0.05, 0) is 32.2 Å². The van der Waals surface area contributed by atoms with Crippen LogP contribution >= 0.6 is 0 Å². The van der Waals surface area contributed by atoms with Crippen LogP contribution in [0.4, 0.5) is 22.0 Å². The van der Waals surface area contributed by atoms with Crippen LogP contribution in [0.15, 0.2) is 0 Å². The molecule has 7 heteroatoms. The van der Waals surface area contributed by atoms with Crippen molar-refractivity contribution < 1.29 is 27.1 Å². The molecule has 1 aliphatic heterocycles. The van der Waals surface area contributed by atoms with E-state index in [4.69, 9.17) is 5.11 Å². The molecule has 1 aromatic carbocycles. The molecule has 1 fully saturated rings. The second-order valence-corrected chi connectivity index (χ2v) is 5.18. The van der Waals surface area contributed by atoms with Crippen molar-refractivity contribution in [1.29, 1.82) is 0 Å². The van der Waals surface area contributed by atoms with Gasteiger partial charge in [-0.1, -0.05) is 0 Å². The van der Waals surface area contributed by atoms with Crippen molar-refractivity contribution in [2.45, 2.75) is 38.3 Å². The van der Waals surface area contributed by atoms with E-state index in [9.17, 15) is 22.0 Å².